The van der Waals surface area contributed by atoms with Crippen molar-refractivity contribution < 1.29 is 9.53 Å². The molecule has 0 aliphatic rings. The minimum absolute atomic E-state index is 0.0536. The Bertz CT molecular complexity index is 1520. The monoisotopic (exact) mass is 526 g/mol. The first-order valence-corrected chi connectivity index (χ1v) is 13.0. The van der Waals surface area contributed by atoms with Crippen LogP contribution in [0.5, 0.6) is 5.75 Å². The van der Waals surface area contributed by atoms with Gasteiger partial charge in [-0.15, -0.1) is 23.1 Å². The van der Waals surface area contributed by atoms with E-state index in [9.17, 15) is 15.3 Å². The Morgan fingerprint density at radius 1 is 1.05 bits per heavy atom. The van der Waals surface area contributed by atoms with Gasteiger partial charge in [0.1, 0.15) is 34.3 Å². The van der Waals surface area contributed by atoms with E-state index >= 15 is 0 Å². The van der Waals surface area contributed by atoms with Gasteiger partial charge in [0.25, 0.3) is 0 Å². The van der Waals surface area contributed by atoms with Gasteiger partial charge in [0, 0.05) is 28.7 Å². The number of pyridine rings is 1. The van der Waals surface area contributed by atoms with Gasteiger partial charge in [0.15, 0.2) is 5.13 Å². The van der Waals surface area contributed by atoms with Crippen LogP contribution in [0.3, 0.4) is 0 Å². The van der Waals surface area contributed by atoms with Gasteiger partial charge in [-0.25, -0.2) is 9.97 Å². The van der Waals surface area contributed by atoms with Gasteiger partial charge in [0.2, 0.25) is 5.91 Å². The van der Waals surface area contributed by atoms with Gasteiger partial charge in [-0.3, -0.25) is 4.79 Å². The smallest absolute Gasteiger partial charge is 0.226 e. The fraction of sp³-hybridized carbons (Fsp3) is 0.148. The fourth-order valence-corrected chi connectivity index (χ4v) is 5.23. The summed E-state index contributed by atoms with van der Waals surface area (Å²) in [6, 6.07) is 19.3. The van der Waals surface area contributed by atoms with Crippen molar-refractivity contribution in [2.24, 2.45) is 0 Å². The predicted octanol–water partition coefficient (Wildman–Crippen LogP) is 5.64. The van der Waals surface area contributed by atoms with Crippen LogP contribution in [0.2, 0.25) is 0 Å². The number of hydrogen-bond acceptors (Lipinski definition) is 9. The minimum atomic E-state index is -0.206. The van der Waals surface area contributed by atoms with Crippen LogP contribution in [0.4, 0.5) is 10.9 Å². The lowest BCUT2D eigenvalue weighted by Gasteiger charge is -2.13. The van der Waals surface area contributed by atoms with Crippen molar-refractivity contribution in [3.8, 4) is 40.3 Å². The van der Waals surface area contributed by atoms with E-state index in [2.05, 4.69) is 27.4 Å². The number of rotatable bonds is 8. The van der Waals surface area contributed by atoms with E-state index in [1.54, 1.807) is 7.11 Å². The minimum Gasteiger partial charge on any atom is -0.497 e. The average Bonchev–Trinajstić information content (AvgIpc) is 3.37. The molecule has 2 aromatic carbocycles. The first-order valence-electron chi connectivity index (χ1n) is 11.2. The summed E-state index contributed by atoms with van der Waals surface area (Å²) in [5, 5.41) is 25.2. The van der Waals surface area contributed by atoms with Crippen molar-refractivity contribution in [2.45, 2.75) is 18.4 Å². The number of carbonyl (C=O) groups excluding carboxylic acids is 1. The Morgan fingerprint density at radius 3 is 2.38 bits per heavy atom. The van der Waals surface area contributed by atoms with Crippen LogP contribution < -0.4 is 15.8 Å². The highest BCUT2D eigenvalue weighted by molar-refractivity contribution is 7.99. The lowest BCUT2D eigenvalue weighted by molar-refractivity contribution is -0.115. The lowest BCUT2D eigenvalue weighted by Crippen LogP contribution is -2.12. The largest absolute Gasteiger partial charge is 0.497 e. The highest BCUT2D eigenvalue weighted by Gasteiger charge is 2.20. The van der Waals surface area contributed by atoms with E-state index < -0.39 is 0 Å². The second-order valence-corrected chi connectivity index (χ2v) is 9.87. The van der Waals surface area contributed by atoms with Crippen LogP contribution >= 0.6 is 23.1 Å². The van der Waals surface area contributed by atoms with Crippen molar-refractivity contribution in [1.29, 1.82) is 10.5 Å². The molecule has 4 rings (SSSR count). The lowest BCUT2D eigenvalue weighted by atomic mass is 9.96. The average molecular weight is 527 g/mol. The zero-order chi connectivity index (χ0) is 26.4. The molecule has 0 fully saturated rings. The molecule has 0 bridgehead atoms. The molecule has 0 saturated carbocycles. The van der Waals surface area contributed by atoms with E-state index in [4.69, 9.17) is 10.5 Å². The number of hydrogen-bond donors (Lipinski definition) is 2. The second kappa shape index (κ2) is 11.6. The van der Waals surface area contributed by atoms with Crippen molar-refractivity contribution in [3.05, 3.63) is 70.6 Å². The molecule has 0 atom stereocenters. The van der Waals surface area contributed by atoms with Crippen LogP contribution in [-0.4, -0.2) is 28.7 Å². The normalized spacial score (nSPS) is 10.4. The fourth-order valence-electron chi connectivity index (χ4n) is 3.56. The van der Waals surface area contributed by atoms with E-state index in [0.717, 1.165) is 22.6 Å². The number of benzene rings is 2. The van der Waals surface area contributed by atoms with Gasteiger partial charge in [-0.1, -0.05) is 29.8 Å². The summed E-state index contributed by atoms with van der Waals surface area (Å²) in [6.45, 7) is 1.96. The summed E-state index contributed by atoms with van der Waals surface area (Å²) in [6.07, 6.45) is 0.175. The number of aromatic nitrogens is 2. The molecular weight excluding hydrogens is 504 g/mol. The topological polar surface area (TPSA) is 138 Å². The summed E-state index contributed by atoms with van der Waals surface area (Å²) in [7, 11) is 1.61. The summed E-state index contributed by atoms with van der Waals surface area (Å²) in [5.74, 6) is 0.969. The third kappa shape index (κ3) is 5.89. The molecule has 37 heavy (non-hydrogen) atoms. The highest BCUT2D eigenvalue weighted by atomic mass is 32.2. The number of nitrogens with one attached hydrogen (secondary N) is 1. The Labute approximate surface area is 222 Å². The van der Waals surface area contributed by atoms with Crippen LogP contribution in [0.1, 0.15) is 23.1 Å². The Kier molecular flexibility index (Phi) is 8.04. The number of nitrogens with zero attached hydrogens (tertiary/aromatic N) is 4. The zero-order valence-corrected chi connectivity index (χ0v) is 21.7. The molecule has 10 heteroatoms. The molecule has 8 nitrogen and oxygen atoms in total. The van der Waals surface area contributed by atoms with Gasteiger partial charge >= 0.3 is 0 Å². The number of methoxy groups -OCH3 is 1. The number of aryl methyl sites for hydroxylation is 1. The van der Waals surface area contributed by atoms with Crippen LogP contribution in [0.25, 0.3) is 22.4 Å². The molecule has 0 aliphatic carbocycles. The first kappa shape index (κ1) is 25.7. The highest BCUT2D eigenvalue weighted by Crippen LogP contribution is 2.36. The number of amides is 1. The van der Waals surface area contributed by atoms with Gasteiger partial charge in [-0.05, 0) is 36.8 Å². The number of thiazole rings is 1. The molecule has 0 aliphatic heterocycles. The summed E-state index contributed by atoms with van der Waals surface area (Å²) in [5.41, 5.74) is 10.4. The van der Waals surface area contributed by atoms with Gasteiger partial charge in [0.05, 0.1) is 18.4 Å². The predicted molar refractivity (Wildman–Crippen MR) is 146 cm³/mol. The van der Waals surface area contributed by atoms with E-state index in [-0.39, 0.29) is 29.3 Å². The molecule has 2 aromatic heterocycles. The van der Waals surface area contributed by atoms with Crippen LogP contribution in [-0.2, 0) is 4.79 Å². The maximum atomic E-state index is 12.5. The molecule has 3 N–H and O–H groups in total. The van der Waals surface area contributed by atoms with Crippen LogP contribution in [0.15, 0.2) is 58.9 Å². The quantitative estimate of drug-likeness (QED) is 0.282. The number of anilines is 2. The van der Waals surface area contributed by atoms with Crippen LogP contribution in [0, 0.1) is 29.6 Å². The maximum absolute atomic E-state index is 12.5. The van der Waals surface area contributed by atoms with E-state index in [1.165, 1.54) is 23.1 Å². The first-order chi connectivity index (χ1) is 17.9. The van der Waals surface area contributed by atoms with Crippen molar-refractivity contribution >= 4 is 40.0 Å². The molecule has 2 heterocycles. The Hall–Kier alpha value is -4.38. The Balaban J connectivity index is 1.44. The molecule has 0 unspecified atom stereocenters. The van der Waals surface area contributed by atoms with Crippen molar-refractivity contribution in [2.75, 3.05) is 23.9 Å². The third-order valence-electron chi connectivity index (χ3n) is 5.46. The van der Waals surface area contributed by atoms with E-state index in [0.29, 0.717) is 27.0 Å². The molecule has 184 valence electrons. The Morgan fingerprint density at radius 2 is 1.73 bits per heavy atom. The number of nitrogen functional groups attached to an aromatic ring is 1. The third-order valence-corrected chi connectivity index (χ3v) is 7.19. The van der Waals surface area contributed by atoms with Crippen molar-refractivity contribution in [1.82, 2.24) is 9.97 Å². The molecular formula is C27H22N6O2S2. The molecule has 0 spiro atoms. The molecule has 0 radical (unpaired) electrons. The van der Waals surface area contributed by atoms with Gasteiger partial charge < -0.3 is 15.8 Å². The zero-order valence-electron chi connectivity index (χ0n) is 20.1. The summed E-state index contributed by atoms with van der Waals surface area (Å²) < 4.78 is 5.18. The number of ether oxygens (including phenoxy) is 1. The van der Waals surface area contributed by atoms with E-state index in [1.807, 2.05) is 60.8 Å². The molecule has 1 amide bonds. The molecule has 0 saturated heterocycles. The van der Waals surface area contributed by atoms with Gasteiger partial charge in [-0.2, -0.15) is 10.5 Å². The molecule has 4 aromatic rings. The SMILES string of the molecule is COc1ccc(-c2csc(NC(=O)CCSc3nc(N)c(C#N)c(-c4ccc(C)cc4)c3C#N)n2)cc1. The number of thioether (sulfide) groups is 1. The number of carbonyl (C=O) groups is 1. The number of nitrogens with two attached hydrogens (primary N) is 1. The second-order valence-electron chi connectivity index (χ2n) is 7.93. The maximum Gasteiger partial charge on any atom is 0.226 e. The number of nitriles is 2. The standard InChI is InChI=1S/C27H22N6O2S2/c1-16-3-5-18(6-4-16)24-20(13-28)25(30)33-26(21(24)14-29)36-12-11-23(34)32-27-31-22(15-37-27)17-7-9-19(35-2)10-8-17/h3-10,15H,11-12H2,1-2H3,(H2,30,33)(H,31,32,34). The summed E-state index contributed by atoms with van der Waals surface area (Å²) >= 11 is 2.59. The van der Waals surface area contributed by atoms with Crippen molar-refractivity contribution in [3.63, 3.8) is 0 Å². The summed E-state index contributed by atoms with van der Waals surface area (Å²) in [4.78, 5) is 21.3.